The van der Waals surface area contributed by atoms with Crippen LogP contribution in [0, 0.1) is 11.7 Å². The third-order valence-electron chi connectivity index (χ3n) is 4.71. The smallest absolute Gasteiger partial charge is 0.263 e. The summed E-state index contributed by atoms with van der Waals surface area (Å²) in [6, 6.07) is 7.29. The minimum Gasteiger partial charge on any atom is -0.339 e. The van der Waals surface area contributed by atoms with Crippen molar-refractivity contribution < 1.29 is 17.6 Å². The molecule has 1 aliphatic rings. The minimum atomic E-state index is -4.10. The second kappa shape index (κ2) is 8.27. The van der Waals surface area contributed by atoms with E-state index >= 15 is 0 Å². The highest BCUT2D eigenvalue weighted by molar-refractivity contribution is 7.92. The van der Waals surface area contributed by atoms with Crippen molar-refractivity contribution >= 4 is 44.8 Å². The van der Waals surface area contributed by atoms with Crippen LogP contribution < -0.4 is 4.72 Å². The van der Waals surface area contributed by atoms with Crippen LogP contribution in [0.25, 0.3) is 0 Å². The number of nitrogens with one attached hydrogen (secondary N) is 1. The van der Waals surface area contributed by atoms with Gasteiger partial charge < -0.3 is 4.90 Å². The van der Waals surface area contributed by atoms with Crippen LogP contribution in [0.3, 0.4) is 0 Å². The first-order valence-electron chi connectivity index (χ1n) is 8.74. The lowest BCUT2D eigenvalue weighted by Crippen LogP contribution is -2.38. The first kappa shape index (κ1) is 20.9. The number of carbonyl (C=O) groups is 1. The molecule has 0 unspecified atom stereocenters. The van der Waals surface area contributed by atoms with Gasteiger partial charge in [-0.25, -0.2) is 12.8 Å². The molecule has 1 aliphatic heterocycles. The van der Waals surface area contributed by atoms with E-state index in [0.717, 1.165) is 25.0 Å². The second-order valence-corrected chi connectivity index (χ2v) is 9.31. The molecule has 3 rings (SSSR count). The Labute approximate surface area is 173 Å². The minimum absolute atomic E-state index is 0.0834. The molecule has 2 aromatic carbocycles. The topological polar surface area (TPSA) is 66.5 Å². The van der Waals surface area contributed by atoms with Gasteiger partial charge in [0, 0.05) is 18.8 Å². The van der Waals surface area contributed by atoms with Gasteiger partial charge in [-0.3, -0.25) is 9.52 Å². The number of sulfonamides is 1. The summed E-state index contributed by atoms with van der Waals surface area (Å²) in [5.74, 6) is -0.274. The molecule has 1 saturated heterocycles. The highest BCUT2D eigenvalue weighted by Crippen LogP contribution is 2.31. The Bertz CT molecular complexity index is 989. The molecule has 2 aromatic rings. The molecule has 0 saturated carbocycles. The summed E-state index contributed by atoms with van der Waals surface area (Å²) < 4.78 is 40.9. The Morgan fingerprint density at radius 2 is 1.71 bits per heavy atom. The van der Waals surface area contributed by atoms with E-state index in [4.69, 9.17) is 23.2 Å². The lowest BCUT2D eigenvalue weighted by atomic mass is 9.98. The van der Waals surface area contributed by atoms with Crippen molar-refractivity contribution in [3.05, 3.63) is 57.8 Å². The zero-order chi connectivity index (χ0) is 20.5. The van der Waals surface area contributed by atoms with Crippen LogP contribution in [-0.2, 0) is 10.0 Å². The zero-order valence-electron chi connectivity index (χ0n) is 15.1. The number of nitrogens with zero attached hydrogens (tertiary/aromatic N) is 1. The molecule has 1 fully saturated rings. The number of benzene rings is 2. The molecule has 28 heavy (non-hydrogen) atoms. The summed E-state index contributed by atoms with van der Waals surface area (Å²) in [5, 5.41) is -0.0159. The predicted molar refractivity (Wildman–Crippen MR) is 108 cm³/mol. The summed E-state index contributed by atoms with van der Waals surface area (Å²) in [6.45, 7) is 3.31. The van der Waals surface area contributed by atoms with Gasteiger partial charge in [0.2, 0.25) is 0 Å². The highest BCUT2D eigenvalue weighted by atomic mass is 35.5. The summed E-state index contributed by atoms with van der Waals surface area (Å²) in [7, 11) is -4.10. The second-order valence-electron chi connectivity index (χ2n) is 6.85. The Kier molecular flexibility index (Phi) is 6.17. The van der Waals surface area contributed by atoms with E-state index in [2.05, 4.69) is 11.6 Å². The van der Waals surface area contributed by atoms with Crippen LogP contribution in [0.5, 0.6) is 0 Å². The van der Waals surface area contributed by atoms with Crippen LogP contribution in [0.4, 0.5) is 10.1 Å². The van der Waals surface area contributed by atoms with Crippen LogP contribution in [0.15, 0.2) is 41.3 Å². The summed E-state index contributed by atoms with van der Waals surface area (Å²) in [6.07, 6.45) is 1.77. The van der Waals surface area contributed by atoms with Crippen molar-refractivity contribution in [3.63, 3.8) is 0 Å². The molecule has 1 N–H and O–H groups in total. The molecule has 1 amide bonds. The number of likely N-dealkylation sites (tertiary alicyclic amines) is 1. The van der Waals surface area contributed by atoms with Crippen molar-refractivity contribution in [2.24, 2.45) is 5.92 Å². The molecule has 0 radical (unpaired) electrons. The molecule has 1 heterocycles. The van der Waals surface area contributed by atoms with Gasteiger partial charge in [-0.2, -0.15) is 0 Å². The number of rotatable bonds is 4. The molecule has 0 aromatic heterocycles. The van der Waals surface area contributed by atoms with Gasteiger partial charge in [0.1, 0.15) is 10.7 Å². The number of piperidine rings is 1. The standard InChI is InChI=1S/C19H19Cl2FN2O3S/c1-12-6-8-24(9-7-12)19(25)15-10-18(17(21)11-16(15)20)28(26,27)23-14-4-2-13(22)3-5-14/h2-5,10-12,23H,6-9H2,1H3. The maximum absolute atomic E-state index is 13.0. The molecule has 5 nitrogen and oxygen atoms in total. The van der Waals surface area contributed by atoms with E-state index in [0.29, 0.717) is 19.0 Å². The van der Waals surface area contributed by atoms with Crippen molar-refractivity contribution in [2.75, 3.05) is 17.8 Å². The lowest BCUT2D eigenvalue weighted by Gasteiger charge is -2.30. The number of amides is 1. The van der Waals surface area contributed by atoms with Gasteiger partial charge in [-0.15, -0.1) is 0 Å². The number of carbonyl (C=O) groups excluding carboxylic acids is 1. The molecule has 9 heteroatoms. The monoisotopic (exact) mass is 444 g/mol. The van der Waals surface area contributed by atoms with Gasteiger partial charge >= 0.3 is 0 Å². The van der Waals surface area contributed by atoms with E-state index in [1.807, 2.05) is 0 Å². The SMILES string of the molecule is CC1CCN(C(=O)c2cc(S(=O)(=O)Nc3ccc(F)cc3)c(Cl)cc2Cl)CC1. The maximum Gasteiger partial charge on any atom is 0.263 e. The number of anilines is 1. The van der Waals surface area contributed by atoms with Crippen LogP contribution in [0.1, 0.15) is 30.1 Å². The Balaban J connectivity index is 1.92. The quantitative estimate of drug-likeness (QED) is 0.735. The van der Waals surface area contributed by atoms with Gasteiger partial charge in [0.15, 0.2) is 0 Å². The van der Waals surface area contributed by atoms with E-state index < -0.39 is 15.8 Å². The third-order valence-corrected chi connectivity index (χ3v) is 6.87. The first-order valence-corrected chi connectivity index (χ1v) is 11.0. The average Bonchev–Trinajstić information content (AvgIpc) is 2.63. The molecule has 0 spiro atoms. The Morgan fingerprint density at radius 3 is 2.32 bits per heavy atom. The molecular weight excluding hydrogens is 426 g/mol. The van der Waals surface area contributed by atoms with E-state index in [1.54, 1.807) is 4.90 Å². The summed E-state index contributed by atoms with van der Waals surface area (Å²) in [5.41, 5.74) is 0.255. The molecular formula is C19H19Cl2FN2O3S. The van der Waals surface area contributed by atoms with Crippen molar-refractivity contribution in [1.29, 1.82) is 0 Å². The molecule has 0 aliphatic carbocycles. The molecule has 0 atom stereocenters. The third kappa shape index (κ3) is 4.59. The summed E-state index contributed by atoms with van der Waals surface area (Å²) >= 11 is 12.3. The fourth-order valence-electron chi connectivity index (χ4n) is 3.01. The maximum atomic E-state index is 13.0. The predicted octanol–water partition coefficient (Wildman–Crippen LogP) is 4.81. The van der Waals surface area contributed by atoms with Crippen molar-refractivity contribution in [2.45, 2.75) is 24.7 Å². The zero-order valence-corrected chi connectivity index (χ0v) is 17.4. The Hall–Kier alpha value is -1.83. The first-order chi connectivity index (χ1) is 13.2. The molecule has 150 valence electrons. The largest absolute Gasteiger partial charge is 0.339 e. The lowest BCUT2D eigenvalue weighted by molar-refractivity contribution is 0.0697. The molecule has 0 bridgehead atoms. The van der Waals surface area contributed by atoms with E-state index in [-0.39, 0.29) is 32.1 Å². The van der Waals surface area contributed by atoms with Gasteiger partial charge in [0.05, 0.1) is 15.6 Å². The highest BCUT2D eigenvalue weighted by Gasteiger charge is 2.27. The van der Waals surface area contributed by atoms with Crippen LogP contribution in [-0.4, -0.2) is 32.3 Å². The Morgan fingerprint density at radius 1 is 1.11 bits per heavy atom. The van der Waals surface area contributed by atoms with Gasteiger partial charge in [-0.1, -0.05) is 30.1 Å². The van der Waals surface area contributed by atoms with E-state index in [1.165, 1.54) is 24.3 Å². The van der Waals surface area contributed by atoms with E-state index in [9.17, 15) is 17.6 Å². The average molecular weight is 445 g/mol. The normalized spacial score (nSPS) is 15.5. The summed E-state index contributed by atoms with van der Waals surface area (Å²) in [4.78, 5) is 14.3. The van der Waals surface area contributed by atoms with Gasteiger partial charge in [-0.05, 0) is 55.2 Å². The van der Waals surface area contributed by atoms with Gasteiger partial charge in [0.25, 0.3) is 15.9 Å². The fraction of sp³-hybridized carbons (Fsp3) is 0.316. The van der Waals surface area contributed by atoms with Crippen LogP contribution in [0.2, 0.25) is 10.0 Å². The van der Waals surface area contributed by atoms with Crippen LogP contribution >= 0.6 is 23.2 Å². The van der Waals surface area contributed by atoms with Crippen molar-refractivity contribution in [3.8, 4) is 0 Å². The fourth-order valence-corrected chi connectivity index (χ4v) is 4.92. The number of halogens is 3. The number of hydrogen-bond acceptors (Lipinski definition) is 3. The number of hydrogen-bond donors (Lipinski definition) is 1. The van der Waals surface area contributed by atoms with Crippen molar-refractivity contribution in [1.82, 2.24) is 4.90 Å².